The van der Waals surface area contributed by atoms with Crippen molar-refractivity contribution in [1.29, 1.82) is 0 Å². The molecule has 1 N–H and O–H groups in total. The smallest absolute Gasteiger partial charge is 0.0615 e. The van der Waals surface area contributed by atoms with Gasteiger partial charge in [-0.25, -0.2) is 0 Å². The van der Waals surface area contributed by atoms with Crippen LogP contribution in [-0.2, 0) is 17.8 Å². The molecule has 1 unspecified atom stereocenters. The van der Waals surface area contributed by atoms with E-state index in [1.54, 1.807) is 7.11 Å². The van der Waals surface area contributed by atoms with Gasteiger partial charge in [-0.2, -0.15) is 0 Å². The third-order valence-corrected chi connectivity index (χ3v) is 3.67. The lowest BCUT2D eigenvalue weighted by atomic mass is 10.1. The number of hydrogen-bond donors (Lipinski definition) is 1. The summed E-state index contributed by atoms with van der Waals surface area (Å²) in [6.07, 6.45) is 0. The summed E-state index contributed by atoms with van der Waals surface area (Å²) >= 11 is 0. The van der Waals surface area contributed by atoms with Gasteiger partial charge < -0.3 is 10.1 Å². The largest absolute Gasteiger partial charge is 0.383 e. The average molecular weight is 292 g/mol. The maximum absolute atomic E-state index is 5.26. The number of methoxy groups -OCH3 is 1. The van der Waals surface area contributed by atoms with Crippen molar-refractivity contribution >= 4 is 0 Å². The molecule has 0 aromatic heterocycles. The molecular formula is C18H32N2O. The maximum Gasteiger partial charge on any atom is 0.0615 e. The van der Waals surface area contributed by atoms with Crippen LogP contribution in [0.2, 0.25) is 0 Å². The molecule has 0 fully saturated rings. The Morgan fingerprint density at radius 3 is 2.19 bits per heavy atom. The van der Waals surface area contributed by atoms with Gasteiger partial charge in [-0.3, -0.25) is 4.90 Å². The fourth-order valence-electron chi connectivity index (χ4n) is 2.29. The van der Waals surface area contributed by atoms with Gasteiger partial charge >= 0.3 is 0 Å². The Morgan fingerprint density at radius 2 is 1.71 bits per heavy atom. The Kier molecular flexibility index (Phi) is 7.36. The zero-order valence-electron chi connectivity index (χ0n) is 14.6. The summed E-state index contributed by atoms with van der Waals surface area (Å²) in [4.78, 5) is 2.44. The Labute approximate surface area is 130 Å². The lowest BCUT2D eigenvalue weighted by Gasteiger charge is -2.27. The minimum absolute atomic E-state index is 0.160. The molecule has 0 heterocycles. The predicted octanol–water partition coefficient (Wildman–Crippen LogP) is 3.43. The van der Waals surface area contributed by atoms with Crippen LogP contribution in [0.4, 0.5) is 0 Å². The fourth-order valence-corrected chi connectivity index (χ4v) is 2.29. The molecule has 1 rings (SSSR count). The van der Waals surface area contributed by atoms with Crippen LogP contribution in [0, 0.1) is 0 Å². The second-order valence-electron chi connectivity index (χ2n) is 6.79. The number of hydrogen-bond acceptors (Lipinski definition) is 3. The van der Waals surface area contributed by atoms with Crippen molar-refractivity contribution in [3.05, 3.63) is 35.4 Å². The Hall–Kier alpha value is -0.900. The van der Waals surface area contributed by atoms with Gasteiger partial charge in [0, 0.05) is 31.8 Å². The molecule has 0 aliphatic heterocycles. The summed E-state index contributed by atoms with van der Waals surface area (Å²) in [5, 5.41) is 3.52. The third-order valence-electron chi connectivity index (χ3n) is 3.67. The van der Waals surface area contributed by atoms with E-state index in [4.69, 9.17) is 4.74 Å². The summed E-state index contributed by atoms with van der Waals surface area (Å²) in [7, 11) is 1.77. The molecule has 1 aromatic carbocycles. The number of nitrogens with zero attached hydrogens (tertiary/aromatic N) is 1. The Bertz CT molecular complexity index is 395. The molecule has 1 aromatic rings. The van der Waals surface area contributed by atoms with Gasteiger partial charge in [0.2, 0.25) is 0 Å². The molecule has 0 aliphatic rings. The van der Waals surface area contributed by atoms with Crippen LogP contribution in [0.15, 0.2) is 24.3 Å². The Morgan fingerprint density at radius 1 is 1.14 bits per heavy atom. The first-order valence-electron chi connectivity index (χ1n) is 7.91. The highest BCUT2D eigenvalue weighted by atomic mass is 16.5. The number of benzene rings is 1. The minimum atomic E-state index is 0.160. The van der Waals surface area contributed by atoms with E-state index in [1.165, 1.54) is 11.1 Å². The van der Waals surface area contributed by atoms with Gasteiger partial charge in [0.15, 0.2) is 0 Å². The van der Waals surface area contributed by atoms with Crippen molar-refractivity contribution in [2.45, 2.75) is 59.3 Å². The van der Waals surface area contributed by atoms with Crippen LogP contribution < -0.4 is 5.32 Å². The van der Waals surface area contributed by atoms with E-state index in [9.17, 15) is 0 Å². The molecule has 0 radical (unpaired) electrons. The van der Waals surface area contributed by atoms with Gasteiger partial charge in [0.1, 0.15) is 0 Å². The lowest BCUT2D eigenvalue weighted by molar-refractivity contribution is 0.0982. The normalized spacial score (nSPS) is 13.7. The highest BCUT2D eigenvalue weighted by molar-refractivity contribution is 5.22. The number of rotatable bonds is 8. The molecule has 21 heavy (non-hydrogen) atoms. The predicted molar refractivity (Wildman–Crippen MR) is 90.5 cm³/mol. The van der Waals surface area contributed by atoms with E-state index in [0.29, 0.717) is 6.04 Å². The first-order valence-corrected chi connectivity index (χ1v) is 7.91. The van der Waals surface area contributed by atoms with E-state index < -0.39 is 0 Å². The number of likely N-dealkylation sites (N-methyl/N-ethyl adjacent to an activating group) is 1. The molecule has 0 spiro atoms. The Balaban J connectivity index is 2.57. The molecule has 0 amide bonds. The van der Waals surface area contributed by atoms with Crippen molar-refractivity contribution < 1.29 is 4.74 Å². The van der Waals surface area contributed by atoms with Crippen molar-refractivity contribution in [1.82, 2.24) is 10.2 Å². The topological polar surface area (TPSA) is 24.5 Å². The molecule has 0 saturated carbocycles. The van der Waals surface area contributed by atoms with Gasteiger partial charge in [0.05, 0.1) is 6.61 Å². The van der Waals surface area contributed by atoms with Crippen molar-refractivity contribution in [3.63, 3.8) is 0 Å². The molecule has 0 bridgehead atoms. The maximum atomic E-state index is 5.26. The van der Waals surface area contributed by atoms with E-state index in [1.807, 2.05) is 0 Å². The zero-order chi connectivity index (χ0) is 15.9. The number of nitrogens with one attached hydrogen (secondary N) is 1. The van der Waals surface area contributed by atoms with Crippen LogP contribution in [-0.4, -0.2) is 36.7 Å². The SMILES string of the molecule is CCN(Cc1ccc(CNC(C)(C)C)cc1)C(C)COC. The molecule has 3 heteroatoms. The second kappa shape index (κ2) is 8.52. The lowest BCUT2D eigenvalue weighted by Crippen LogP contribution is -2.35. The average Bonchev–Trinajstić information content (AvgIpc) is 2.43. The van der Waals surface area contributed by atoms with Crippen LogP contribution in [0.5, 0.6) is 0 Å². The first kappa shape index (κ1) is 18.1. The van der Waals surface area contributed by atoms with E-state index in [0.717, 1.165) is 26.2 Å². The quantitative estimate of drug-likeness (QED) is 0.794. The highest BCUT2D eigenvalue weighted by Crippen LogP contribution is 2.11. The molecule has 3 nitrogen and oxygen atoms in total. The van der Waals surface area contributed by atoms with Gasteiger partial charge in [-0.15, -0.1) is 0 Å². The molecule has 0 aliphatic carbocycles. The monoisotopic (exact) mass is 292 g/mol. The minimum Gasteiger partial charge on any atom is -0.383 e. The zero-order valence-corrected chi connectivity index (χ0v) is 14.6. The number of ether oxygens (including phenoxy) is 1. The van der Waals surface area contributed by atoms with Gasteiger partial charge in [0.25, 0.3) is 0 Å². The van der Waals surface area contributed by atoms with Gasteiger partial charge in [-0.1, -0.05) is 31.2 Å². The summed E-state index contributed by atoms with van der Waals surface area (Å²) < 4.78 is 5.26. The standard InChI is InChI=1S/C18H32N2O/c1-7-20(15(2)14-21-6)13-17-10-8-16(9-11-17)12-19-18(3,4)5/h8-11,15,19H,7,12-14H2,1-6H3. The van der Waals surface area contributed by atoms with Crippen LogP contribution in [0.3, 0.4) is 0 Å². The fraction of sp³-hybridized carbons (Fsp3) is 0.667. The van der Waals surface area contributed by atoms with Crippen molar-refractivity contribution in [2.24, 2.45) is 0 Å². The summed E-state index contributed by atoms with van der Waals surface area (Å²) in [5.41, 5.74) is 2.86. The molecule has 120 valence electrons. The summed E-state index contributed by atoms with van der Waals surface area (Å²) in [6, 6.07) is 9.37. The first-order chi connectivity index (χ1) is 9.85. The van der Waals surface area contributed by atoms with Crippen molar-refractivity contribution in [3.8, 4) is 0 Å². The summed E-state index contributed by atoms with van der Waals surface area (Å²) in [5.74, 6) is 0. The second-order valence-corrected chi connectivity index (χ2v) is 6.79. The van der Waals surface area contributed by atoms with E-state index in [-0.39, 0.29) is 5.54 Å². The third kappa shape index (κ3) is 7.07. The van der Waals surface area contributed by atoms with E-state index in [2.05, 4.69) is 69.1 Å². The van der Waals surface area contributed by atoms with Gasteiger partial charge in [-0.05, 0) is 45.4 Å². The molecular weight excluding hydrogens is 260 g/mol. The van der Waals surface area contributed by atoms with Crippen molar-refractivity contribution in [2.75, 3.05) is 20.3 Å². The van der Waals surface area contributed by atoms with Crippen LogP contribution >= 0.6 is 0 Å². The van der Waals surface area contributed by atoms with Crippen LogP contribution in [0.25, 0.3) is 0 Å². The molecule has 1 atom stereocenters. The summed E-state index contributed by atoms with van der Waals surface area (Å²) in [6.45, 7) is 14.7. The highest BCUT2D eigenvalue weighted by Gasteiger charge is 2.12. The van der Waals surface area contributed by atoms with E-state index >= 15 is 0 Å². The molecule has 0 saturated heterocycles. The van der Waals surface area contributed by atoms with Crippen LogP contribution in [0.1, 0.15) is 45.7 Å².